The van der Waals surface area contributed by atoms with E-state index in [1.807, 2.05) is 0 Å². The van der Waals surface area contributed by atoms with Crippen molar-refractivity contribution in [3.05, 3.63) is 52.1 Å². The van der Waals surface area contributed by atoms with Gasteiger partial charge in [0.15, 0.2) is 0 Å². The van der Waals surface area contributed by atoms with Crippen LogP contribution in [0.15, 0.2) is 34.9 Å². The van der Waals surface area contributed by atoms with Crippen LogP contribution in [-0.2, 0) is 0 Å². The van der Waals surface area contributed by atoms with Crippen LogP contribution in [-0.4, -0.2) is 17.9 Å². The summed E-state index contributed by atoms with van der Waals surface area (Å²) in [6, 6.07) is 4.99. The van der Waals surface area contributed by atoms with Gasteiger partial charge in [-0.3, -0.25) is 4.79 Å². The summed E-state index contributed by atoms with van der Waals surface area (Å²) in [5.41, 5.74) is 0.0140. The van der Waals surface area contributed by atoms with Gasteiger partial charge in [0.2, 0.25) is 0 Å². The van der Waals surface area contributed by atoms with Gasteiger partial charge in [-0.25, -0.2) is 13.8 Å². The van der Waals surface area contributed by atoms with Gasteiger partial charge >= 0.3 is 0 Å². The average molecular weight is 342 g/mol. The van der Waals surface area contributed by atoms with E-state index in [2.05, 4.69) is 31.5 Å². The number of hydrogen-bond donors (Lipinski definition) is 2. The second-order valence-electron chi connectivity index (χ2n) is 3.88. The Morgan fingerprint density at radius 1 is 1.25 bits per heavy atom. The molecule has 1 aromatic carbocycles. The fraction of sp³-hybridized carbons (Fsp3) is 0.0769. The van der Waals surface area contributed by atoms with E-state index in [0.717, 1.165) is 12.1 Å². The number of halogens is 3. The fourth-order valence-corrected chi connectivity index (χ4v) is 1.80. The third-order valence-corrected chi connectivity index (χ3v) is 3.15. The number of amides is 1. The van der Waals surface area contributed by atoms with Gasteiger partial charge in [-0.05, 0) is 34.1 Å². The topological polar surface area (TPSA) is 54.0 Å². The first-order valence-electron chi connectivity index (χ1n) is 5.61. The lowest BCUT2D eigenvalue weighted by Crippen LogP contribution is -2.13. The molecule has 4 nitrogen and oxygen atoms in total. The Bertz CT molecular complexity index is 647. The number of carbonyl (C=O) groups is 1. The van der Waals surface area contributed by atoms with Gasteiger partial charge in [0.25, 0.3) is 5.91 Å². The molecular weight excluding hydrogens is 332 g/mol. The Balaban J connectivity index is 2.20. The van der Waals surface area contributed by atoms with Crippen LogP contribution in [0.2, 0.25) is 0 Å². The first-order chi connectivity index (χ1) is 9.51. The van der Waals surface area contributed by atoms with Gasteiger partial charge < -0.3 is 10.6 Å². The Labute approximate surface area is 122 Å². The molecule has 0 spiro atoms. The van der Waals surface area contributed by atoms with Crippen LogP contribution < -0.4 is 10.6 Å². The Morgan fingerprint density at radius 2 is 2.00 bits per heavy atom. The van der Waals surface area contributed by atoms with Crippen molar-refractivity contribution in [2.24, 2.45) is 0 Å². The molecule has 0 saturated carbocycles. The number of nitrogens with one attached hydrogen (secondary N) is 2. The largest absolute Gasteiger partial charge is 0.373 e. The molecule has 20 heavy (non-hydrogen) atoms. The highest BCUT2D eigenvalue weighted by atomic mass is 79.9. The van der Waals surface area contributed by atoms with Gasteiger partial charge in [-0.2, -0.15) is 0 Å². The summed E-state index contributed by atoms with van der Waals surface area (Å²) in [6.07, 6.45) is 1.34. The van der Waals surface area contributed by atoms with E-state index in [-0.39, 0.29) is 15.7 Å². The van der Waals surface area contributed by atoms with Crippen LogP contribution in [0.4, 0.5) is 20.3 Å². The van der Waals surface area contributed by atoms with E-state index in [0.29, 0.717) is 5.82 Å². The van der Waals surface area contributed by atoms with Gasteiger partial charge in [-0.15, -0.1) is 0 Å². The van der Waals surface area contributed by atoms with Crippen LogP contribution in [0.1, 0.15) is 10.4 Å². The Morgan fingerprint density at radius 3 is 2.60 bits per heavy atom. The highest BCUT2D eigenvalue weighted by Gasteiger charge is 2.12. The molecule has 2 rings (SSSR count). The normalized spacial score (nSPS) is 10.2. The van der Waals surface area contributed by atoms with Crippen molar-refractivity contribution in [3.8, 4) is 0 Å². The van der Waals surface area contributed by atoms with Gasteiger partial charge in [0, 0.05) is 19.3 Å². The molecule has 0 radical (unpaired) electrons. The van der Waals surface area contributed by atoms with E-state index in [4.69, 9.17) is 0 Å². The number of anilines is 2. The molecule has 0 aliphatic carbocycles. The quantitative estimate of drug-likeness (QED) is 0.841. The molecule has 0 saturated heterocycles. The monoisotopic (exact) mass is 341 g/mol. The summed E-state index contributed by atoms with van der Waals surface area (Å²) in [5.74, 6) is -1.36. The first kappa shape index (κ1) is 14.4. The molecule has 0 aliphatic rings. The van der Waals surface area contributed by atoms with Crippen LogP contribution in [0.5, 0.6) is 0 Å². The number of carbonyl (C=O) groups excluding carboxylic acids is 1. The summed E-state index contributed by atoms with van der Waals surface area (Å²) in [6.45, 7) is 0. The number of pyridine rings is 1. The number of rotatable bonds is 3. The van der Waals surface area contributed by atoms with Crippen molar-refractivity contribution in [2.75, 3.05) is 17.7 Å². The molecule has 0 aliphatic heterocycles. The molecule has 0 atom stereocenters. The van der Waals surface area contributed by atoms with Crippen molar-refractivity contribution >= 4 is 33.3 Å². The number of benzene rings is 1. The lowest BCUT2D eigenvalue weighted by molar-refractivity contribution is 0.102. The zero-order valence-electron chi connectivity index (χ0n) is 10.4. The second kappa shape index (κ2) is 5.96. The average Bonchev–Trinajstić information content (AvgIpc) is 2.44. The lowest BCUT2D eigenvalue weighted by Gasteiger charge is -2.08. The standard InChI is InChI=1S/C13H10BrF2N3O/c1-17-12-3-2-7(6-18-12)13(20)19-11-5-9(15)8(14)4-10(11)16/h2-6H,1H3,(H,17,18)(H,19,20). The molecule has 2 aromatic rings. The van der Waals surface area contributed by atoms with Crippen LogP contribution in [0.25, 0.3) is 0 Å². The minimum atomic E-state index is -0.730. The minimum Gasteiger partial charge on any atom is -0.373 e. The van der Waals surface area contributed by atoms with Crippen molar-refractivity contribution < 1.29 is 13.6 Å². The van der Waals surface area contributed by atoms with Crippen LogP contribution >= 0.6 is 15.9 Å². The van der Waals surface area contributed by atoms with Crippen LogP contribution in [0.3, 0.4) is 0 Å². The molecule has 0 fully saturated rings. The molecular formula is C13H10BrF2N3O. The minimum absolute atomic E-state index is 0.00645. The number of aromatic nitrogens is 1. The summed E-state index contributed by atoms with van der Waals surface area (Å²) in [4.78, 5) is 15.9. The van der Waals surface area contributed by atoms with Crippen molar-refractivity contribution in [2.45, 2.75) is 0 Å². The predicted octanol–water partition coefficient (Wildman–Crippen LogP) is 3.42. The van der Waals surface area contributed by atoms with E-state index in [1.54, 1.807) is 13.1 Å². The maximum Gasteiger partial charge on any atom is 0.257 e. The maximum atomic E-state index is 13.6. The maximum absolute atomic E-state index is 13.6. The smallest absolute Gasteiger partial charge is 0.257 e. The van der Waals surface area contributed by atoms with E-state index in [9.17, 15) is 13.6 Å². The highest BCUT2D eigenvalue weighted by Crippen LogP contribution is 2.23. The molecule has 104 valence electrons. The summed E-state index contributed by atoms with van der Waals surface area (Å²) in [7, 11) is 1.70. The summed E-state index contributed by atoms with van der Waals surface area (Å²) >= 11 is 2.86. The van der Waals surface area contributed by atoms with Gasteiger partial charge in [-0.1, -0.05) is 0 Å². The molecule has 0 bridgehead atoms. The highest BCUT2D eigenvalue weighted by molar-refractivity contribution is 9.10. The predicted molar refractivity (Wildman–Crippen MR) is 75.8 cm³/mol. The van der Waals surface area contributed by atoms with Crippen LogP contribution in [0, 0.1) is 11.6 Å². The third kappa shape index (κ3) is 3.11. The third-order valence-electron chi connectivity index (χ3n) is 2.54. The first-order valence-corrected chi connectivity index (χ1v) is 6.40. The molecule has 0 unspecified atom stereocenters. The van der Waals surface area contributed by atoms with E-state index < -0.39 is 17.5 Å². The fourth-order valence-electron chi connectivity index (χ4n) is 1.49. The molecule has 2 N–H and O–H groups in total. The molecule has 1 amide bonds. The molecule has 7 heteroatoms. The molecule has 1 heterocycles. The summed E-state index contributed by atoms with van der Waals surface area (Å²) < 4.78 is 26.9. The van der Waals surface area contributed by atoms with Crippen molar-refractivity contribution in [1.29, 1.82) is 0 Å². The van der Waals surface area contributed by atoms with E-state index in [1.165, 1.54) is 12.3 Å². The summed E-state index contributed by atoms with van der Waals surface area (Å²) in [5, 5.41) is 5.10. The zero-order valence-corrected chi connectivity index (χ0v) is 12.0. The zero-order chi connectivity index (χ0) is 14.7. The van der Waals surface area contributed by atoms with E-state index >= 15 is 0 Å². The number of hydrogen-bond acceptors (Lipinski definition) is 3. The van der Waals surface area contributed by atoms with Crippen molar-refractivity contribution in [1.82, 2.24) is 4.98 Å². The SMILES string of the molecule is CNc1ccc(C(=O)Nc2cc(F)c(Br)cc2F)cn1. The van der Waals surface area contributed by atoms with Crippen molar-refractivity contribution in [3.63, 3.8) is 0 Å². The number of nitrogens with zero attached hydrogens (tertiary/aromatic N) is 1. The molecule has 1 aromatic heterocycles. The lowest BCUT2D eigenvalue weighted by atomic mass is 10.2. The second-order valence-corrected chi connectivity index (χ2v) is 4.74. The van der Waals surface area contributed by atoms with Gasteiger partial charge in [0.05, 0.1) is 15.7 Å². The Hall–Kier alpha value is -2.02. The Kier molecular flexibility index (Phi) is 4.29. The van der Waals surface area contributed by atoms with Gasteiger partial charge in [0.1, 0.15) is 17.5 Å².